The van der Waals surface area contributed by atoms with Crippen LogP contribution in [0.4, 0.5) is 4.79 Å². The second-order valence-electron chi connectivity index (χ2n) is 5.95. The molecule has 1 aliphatic heterocycles. The van der Waals surface area contributed by atoms with E-state index in [2.05, 4.69) is 0 Å². The van der Waals surface area contributed by atoms with Gasteiger partial charge in [-0.2, -0.15) is 0 Å². The van der Waals surface area contributed by atoms with Crippen LogP contribution in [0.5, 0.6) is 0 Å². The number of esters is 1. The fourth-order valence-corrected chi connectivity index (χ4v) is 2.47. The van der Waals surface area contributed by atoms with Crippen molar-refractivity contribution in [2.24, 2.45) is 5.92 Å². The second kappa shape index (κ2) is 6.26. The average molecular weight is 271 g/mol. The molecular formula is C14H25NO4. The molecule has 110 valence electrons. The highest BCUT2D eigenvalue weighted by Crippen LogP contribution is 2.28. The molecule has 2 unspecified atom stereocenters. The number of hydrogen-bond acceptors (Lipinski definition) is 4. The van der Waals surface area contributed by atoms with Crippen LogP contribution in [0.25, 0.3) is 0 Å². The van der Waals surface area contributed by atoms with E-state index in [1.54, 1.807) is 0 Å². The van der Waals surface area contributed by atoms with Gasteiger partial charge in [0.15, 0.2) is 0 Å². The lowest BCUT2D eigenvalue weighted by Gasteiger charge is -2.39. The molecule has 2 atom stereocenters. The van der Waals surface area contributed by atoms with E-state index in [4.69, 9.17) is 9.47 Å². The number of methoxy groups -OCH3 is 1. The molecule has 19 heavy (non-hydrogen) atoms. The zero-order valence-electron chi connectivity index (χ0n) is 12.6. The number of carbonyl (C=O) groups excluding carboxylic acids is 2. The van der Waals surface area contributed by atoms with Crippen LogP contribution in [0.2, 0.25) is 0 Å². The molecule has 0 radical (unpaired) electrons. The van der Waals surface area contributed by atoms with Gasteiger partial charge in [-0.3, -0.25) is 4.90 Å². The third-order valence-corrected chi connectivity index (χ3v) is 3.35. The predicted molar refractivity (Wildman–Crippen MR) is 71.8 cm³/mol. The highest BCUT2D eigenvalue weighted by molar-refractivity contribution is 5.82. The summed E-state index contributed by atoms with van der Waals surface area (Å²) < 4.78 is 10.2. The van der Waals surface area contributed by atoms with Gasteiger partial charge in [0.2, 0.25) is 0 Å². The van der Waals surface area contributed by atoms with Crippen LogP contribution in [0.3, 0.4) is 0 Å². The molecule has 0 aromatic carbocycles. The Labute approximate surface area is 115 Å². The summed E-state index contributed by atoms with van der Waals surface area (Å²) in [7, 11) is 1.36. The van der Waals surface area contributed by atoms with Gasteiger partial charge < -0.3 is 9.47 Å². The average Bonchev–Trinajstić information content (AvgIpc) is 2.34. The molecule has 0 spiro atoms. The minimum Gasteiger partial charge on any atom is -0.467 e. The largest absolute Gasteiger partial charge is 0.467 e. The first-order valence-electron chi connectivity index (χ1n) is 6.87. The Morgan fingerprint density at radius 3 is 2.42 bits per heavy atom. The third-order valence-electron chi connectivity index (χ3n) is 3.35. The summed E-state index contributed by atoms with van der Waals surface area (Å²) in [5.41, 5.74) is -0.559. The minimum atomic E-state index is -0.559. The summed E-state index contributed by atoms with van der Waals surface area (Å²) >= 11 is 0. The number of carbonyl (C=O) groups is 2. The van der Waals surface area contributed by atoms with Crippen LogP contribution in [0.1, 0.15) is 47.0 Å². The molecule has 5 heteroatoms. The summed E-state index contributed by atoms with van der Waals surface area (Å²) in [5.74, 6) is -0.203. The van der Waals surface area contributed by atoms with E-state index in [-0.39, 0.29) is 11.9 Å². The van der Waals surface area contributed by atoms with Crippen LogP contribution in [-0.2, 0) is 14.3 Å². The number of nitrogens with zero attached hydrogens (tertiary/aromatic N) is 1. The molecule has 1 amide bonds. The number of rotatable bonds is 2. The summed E-state index contributed by atoms with van der Waals surface area (Å²) in [6.45, 7) is 8.03. The Kier molecular flexibility index (Phi) is 5.20. The SMILES string of the molecule is CCC1CCCN(C(=O)OC(C)(C)C)C1C(=O)OC. The summed E-state index contributed by atoms with van der Waals surface area (Å²) in [4.78, 5) is 25.7. The van der Waals surface area contributed by atoms with E-state index in [1.807, 2.05) is 27.7 Å². The van der Waals surface area contributed by atoms with Crippen LogP contribution >= 0.6 is 0 Å². The van der Waals surface area contributed by atoms with Gasteiger partial charge in [0.25, 0.3) is 0 Å². The number of amides is 1. The van der Waals surface area contributed by atoms with Crippen molar-refractivity contribution in [3.63, 3.8) is 0 Å². The van der Waals surface area contributed by atoms with Crippen molar-refractivity contribution in [3.05, 3.63) is 0 Å². The van der Waals surface area contributed by atoms with Gasteiger partial charge in [-0.05, 0) is 39.5 Å². The van der Waals surface area contributed by atoms with Crippen molar-refractivity contribution in [1.29, 1.82) is 0 Å². The van der Waals surface area contributed by atoms with Gasteiger partial charge in [0.05, 0.1) is 7.11 Å². The molecule has 0 aliphatic carbocycles. The molecule has 1 fully saturated rings. The van der Waals surface area contributed by atoms with Gasteiger partial charge in [-0.15, -0.1) is 0 Å². The van der Waals surface area contributed by atoms with E-state index < -0.39 is 17.7 Å². The van der Waals surface area contributed by atoms with Crippen molar-refractivity contribution < 1.29 is 19.1 Å². The maximum Gasteiger partial charge on any atom is 0.411 e. The van der Waals surface area contributed by atoms with Crippen LogP contribution in [0, 0.1) is 5.92 Å². The molecule has 0 N–H and O–H groups in total. The Morgan fingerprint density at radius 1 is 1.32 bits per heavy atom. The lowest BCUT2D eigenvalue weighted by atomic mass is 9.87. The maximum atomic E-state index is 12.2. The van der Waals surface area contributed by atoms with Gasteiger partial charge in [0.1, 0.15) is 11.6 Å². The lowest BCUT2D eigenvalue weighted by Crippen LogP contribution is -2.54. The monoisotopic (exact) mass is 271 g/mol. The van der Waals surface area contributed by atoms with E-state index >= 15 is 0 Å². The van der Waals surface area contributed by atoms with Crippen molar-refractivity contribution >= 4 is 12.1 Å². The zero-order chi connectivity index (χ0) is 14.6. The van der Waals surface area contributed by atoms with Crippen molar-refractivity contribution in [1.82, 2.24) is 4.90 Å². The van der Waals surface area contributed by atoms with Crippen LogP contribution in [-0.4, -0.2) is 42.3 Å². The lowest BCUT2D eigenvalue weighted by molar-refractivity contribution is -0.150. The quantitative estimate of drug-likeness (QED) is 0.724. The highest BCUT2D eigenvalue weighted by atomic mass is 16.6. The van der Waals surface area contributed by atoms with Gasteiger partial charge in [-0.1, -0.05) is 13.3 Å². The molecule has 5 nitrogen and oxygen atoms in total. The topological polar surface area (TPSA) is 55.8 Å². The van der Waals surface area contributed by atoms with E-state index in [1.165, 1.54) is 12.0 Å². The Bertz CT molecular complexity index is 335. The summed E-state index contributed by atoms with van der Waals surface area (Å²) in [6, 6.07) is -0.515. The molecule has 1 aliphatic rings. The molecule has 1 rings (SSSR count). The number of piperidine rings is 1. The molecule has 0 aromatic heterocycles. The second-order valence-corrected chi connectivity index (χ2v) is 5.95. The number of hydrogen-bond donors (Lipinski definition) is 0. The van der Waals surface area contributed by atoms with Crippen LogP contribution < -0.4 is 0 Å². The minimum absolute atomic E-state index is 0.147. The molecule has 1 saturated heterocycles. The first-order valence-corrected chi connectivity index (χ1v) is 6.87. The Hall–Kier alpha value is -1.26. The van der Waals surface area contributed by atoms with Gasteiger partial charge in [0, 0.05) is 6.54 Å². The van der Waals surface area contributed by atoms with E-state index in [0.717, 1.165) is 19.3 Å². The predicted octanol–water partition coefficient (Wildman–Crippen LogP) is 2.59. The molecule has 0 aromatic rings. The van der Waals surface area contributed by atoms with Crippen molar-refractivity contribution in [2.45, 2.75) is 58.6 Å². The Balaban J connectivity index is 2.88. The van der Waals surface area contributed by atoms with E-state index in [9.17, 15) is 9.59 Å². The molecule has 1 heterocycles. The Morgan fingerprint density at radius 2 is 1.95 bits per heavy atom. The maximum absolute atomic E-state index is 12.2. The fraction of sp³-hybridized carbons (Fsp3) is 0.857. The molecule has 0 bridgehead atoms. The van der Waals surface area contributed by atoms with E-state index in [0.29, 0.717) is 6.54 Å². The first-order chi connectivity index (χ1) is 8.80. The fourth-order valence-electron chi connectivity index (χ4n) is 2.47. The van der Waals surface area contributed by atoms with Crippen molar-refractivity contribution in [2.75, 3.05) is 13.7 Å². The smallest absolute Gasteiger partial charge is 0.411 e. The van der Waals surface area contributed by atoms with Gasteiger partial charge >= 0.3 is 12.1 Å². The summed E-state index contributed by atoms with van der Waals surface area (Å²) in [5, 5.41) is 0. The molecular weight excluding hydrogens is 246 g/mol. The van der Waals surface area contributed by atoms with Gasteiger partial charge in [-0.25, -0.2) is 9.59 Å². The number of likely N-dealkylation sites (tertiary alicyclic amines) is 1. The number of ether oxygens (including phenoxy) is 2. The molecule has 0 saturated carbocycles. The first kappa shape index (κ1) is 15.8. The summed E-state index contributed by atoms with van der Waals surface area (Å²) in [6.07, 6.45) is 2.25. The highest BCUT2D eigenvalue weighted by Gasteiger charge is 2.40. The third kappa shape index (κ3) is 4.11. The van der Waals surface area contributed by atoms with Crippen molar-refractivity contribution in [3.8, 4) is 0 Å². The standard InChI is InChI=1S/C14H25NO4/c1-6-10-8-7-9-15(11(10)12(16)18-5)13(17)19-14(2,3)4/h10-11H,6-9H2,1-5H3. The normalized spacial score (nSPS) is 23.9. The zero-order valence-corrected chi connectivity index (χ0v) is 12.6. The van der Waals surface area contributed by atoms with Crippen LogP contribution in [0.15, 0.2) is 0 Å².